The van der Waals surface area contributed by atoms with E-state index in [0.29, 0.717) is 33.1 Å². The molecule has 3 aromatic rings. The van der Waals surface area contributed by atoms with Crippen molar-refractivity contribution in [3.05, 3.63) is 99.8 Å². The van der Waals surface area contributed by atoms with Crippen LogP contribution in [-0.4, -0.2) is 17.8 Å². The van der Waals surface area contributed by atoms with Crippen LogP contribution in [0.25, 0.3) is 6.08 Å². The topological polar surface area (TPSA) is 75.7 Å². The van der Waals surface area contributed by atoms with Crippen LogP contribution in [0, 0.1) is 12.7 Å². The van der Waals surface area contributed by atoms with E-state index in [1.54, 1.807) is 55.5 Å². The monoisotopic (exact) mass is 464 g/mol. The minimum atomic E-state index is -0.829. The molecule has 0 aliphatic carbocycles. The van der Waals surface area contributed by atoms with E-state index in [9.17, 15) is 18.8 Å². The van der Waals surface area contributed by atoms with Crippen LogP contribution in [0.15, 0.2) is 72.3 Å². The van der Waals surface area contributed by atoms with Crippen molar-refractivity contribution in [3.63, 3.8) is 0 Å². The van der Waals surface area contributed by atoms with Crippen LogP contribution in [0.5, 0.6) is 5.75 Å². The third kappa shape index (κ3) is 4.78. The number of barbiturate groups is 1. The summed E-state index contributed by atoms with van der Waals surface area (Å²) in [5.41, 5.74) is 1.77. The van der Waals surface area contributed by atoms with E-state index < -0.39 is 17.8 Å². The van der Waals surface area contributed by atoms with E-state index in [2.05, 4.69) is 5.32 Å². The summed E-state index contributed by atoms with van der Waals surface area (Å²) >= 11 is 6.13. The van der Waals surface area contributed by atoms with Gasteiger partial charge in [0.15, 0.2) is 0 Å². The zero-order valence-electron chi connectivity index (χ0n) is 17.5. The largest absolute Gasteiger partial charge is 0.488 e. The number of halogens is 2. The first-order chi connectivity index (χ1) is 15.8. The molecule has 0 saturated carbocycles. The molecule has 33 heavy (non-hydrogen) atoms. The number of para-hydroxylation sites is 1. The number of rotatable bonds is 5. The number of carbonyl (C=O) groups excluding carboxylic acids is 3. The van der Waals surface area contributed by atoms with Gasteiger partial charge in [-0.2, -0.15) is 0 Å². The molecule has 4 rings (SSSR count). The normalized spacial score (nSPS) is 15.1. The van der Waals surface area contributed by atoms with Crippen LogP contribution in [0.1, 0.15) is 16.7 Å². The Hall–Kier alpha value is -3.97. The number of ether oxygens (including phenoxy) is 1. The number of hydrogen-bond donors (Lipinski definition) is 1. The summed E-state index contributed by atoms with van der Waals surface area (Å²) < 4.78 is 19.3. The molecule has 8 heteroatoms. The summed E-state index contributed by atoms with van der Waals surface area (Å²) in [4.78, 5) is 39.1. The Morgan fingerprint density at radius 3 is 2.58 bits per heavy atom. The SMILES string of the molecule is Cc1ccccc1N1C(=O)NC(=O)/C(=C\c2cc(Cl)ccc2OCc2cccc(F)c2)C1=O. The second kappa shape index (κ2) is 9.26. The van der Waals surface area contributed by atoms with E-state index in [1.165, 1.54) is 24.3 Å². The summed E-state index contributed by atoms with van der Waals surface area (Å²) in [7, 11) is 0. The van der Waals surface area contributed by atoms with Crippen LogP contribution < -0.4 is 15.0 Å². The van der Waals surface area contributed by atoms with Crippen molar-refractivity contribution in [2.45, 2.75) is 13.5 Å². The molecule has 1 aliphatic rings. The lowest BCUT2D eigenvalue weighted by atomic mass is 10.0. The number of amides is 4. The molecule has 0 unspecified atom stereocenters. The van der Waals surface area contributed by atoms with Crippen LogP contribution in [0.4, 0.5) is 14.9 Å². The van der Waals surface area contributed by atoms with Crippen LogP contribution in [0.2, 0.25) is 5.02 Å². The van der Waals surface area contributed by atoms with Crippen LogP contribution >= 0.6 is 11.6 Å². The first-order valence-electron chi connectivity index (χ1n) is 9.97. The highest BCUT2D eigenvalue weighted by Crippen LogP contribution is 2.29. The summed E-state index contributed by atoms with van der Waals surface area (Å²) in [5.74, 6) is -1.66. The number of nitrogens with one attached hydrogen (secondary N) is 1. The second-order valence-corrected chi connectivity index (χ2v) is 7.78. The van der Waals surface area contributed by atoms with Crippen molar-refractivity contribution in [3.8, 4) is 5.75 Å². The predicted octanol–water partition coefficient (Wildman–Crippen LogP) is 5.03. The van der Waals surface area contributed by atoms with Gasteiger partial charge in [-0.15, -0.1) is 0 Å². The molecule has 0 radical (unpaired) electrons. The number of aryl methyl sites for hydroxylation is 1. The molecule has 1 N–H and O–H groups in total. The molecule has 3 aromatic carbocycles. The fraction of sp³-hybridized carbons (Fsp3) is 0.0800. The Balaban J connectivity index is 1.69. The average Bonchev–Trinajstić information content (AvgIpc) is 2.77. The highest BCUT2D eigenvalue weighted by atomic mass is 35.5. The van der Waals surface area contributed by atoms with Gasteiger partial charge in [0.2, 0.25) is 0 Å². The number of benzene rings is 3. The minimum absolute atomic E-state index is 0.0591. The number of imide groups is 2. The van der Waals surface area contributed by atoms with Crippen LogP contribution in [0.3, 0.4) is 0 Å². The molecule has 1 heterocycles. The molecular weight excluding hydrogens is 447 g/mol. The zero-order valence-corrected chi connectivity index (χ0v) is 18.2. The fourth-order valence-electron chi connectivity index (χ4n) is 3.40. The van der Waals surface area contributed by atoms with Gasteiger partial charge in [0.25, 0.3) is 11.8 Å². The number of urea groups is 1. The lowest BCUT2D eigenvalue weighted by Gasteiger charge is -2.27. The van der Waals surface area contributed by atoms with Gasteiger partial charge >= 0.3 is 6.03 Å². The van der Waals surface area contributed by atoms with E-state index in [-0.39, 0.29) is 18.0 Å². The molecule has 6 nitrogen and oxygen atoms in total. The Morgan fingerprint density at radius 1 is 1.03 bits per heavy atom. The third-order valence-corrected chi connectivity index (χ3v) is 5.25. The molecule has 1 aliphatic heterocycles. The number of nitrogens with zero attached hydrogens (tertiary/aromatic N) is 1. The Bertz CT molecular complexity index is 1310. The van der Waals surface area contributed by atoms with Gasteiger partial charge < -0.3 is 4.74 Å². The smallest absolute Gasteiger partial charge is 0.335 e. The maximum atomic E-state index is 13.5. The Labute approximate surface area is 194 Å². The summed E-state index contributed by atoms with van der Waals surface area (Å²) in [5, 5.41) is 2.55. The first-order valence-corrected chi connectivity index (χ1v) is 10.3. The molecule has 166 valence electrons. The highest BCUT2D eigenvalue weighted by Gasteiger charge is 2.37. The Morgan fingerprint density at radius 2 is 1.82 bits per heavy atom. The molecule has 1 saturated heterocycles. The lowest BCUT2D eigenvalue weighted by Crippen LogP contribution is -2.54. The zero-order chi connectivity index (χ0) is 23.5. The van der Waals surface area contributed by atoms with E-state index >= 15 is 0 Å². The average molecular weight is 465 g/mol. The standard InChI is InChI=1S/C25H18ClFN2O4/c1-15-5-2-3-8-21(15)29-24(31)20(23(30)28-25(29)32)13-17-12-18(26)9-10-22(17)33-14-16-6-4-7-19(27)11-16/h2-13H,14H2,1H3,(H,28,30,32)/b20-13+. The number of anilines is 1. The summed E-state index contributed by atoms with van der Waals surface area (Å²) in [6.45, 7) is 1.81. The van der Waals surface area contributed by atoms with Gasteiger partial charge in [0.1, 0.15) is 23.7 Å². The number of carbonyl (C=O) groups is 3. The van der Waals surface area contributed by atoms with Crippen LogP contribution in [-0.2, 0) is 16.2 Å². The van der Waals surface area contributed by atoms with Crippen molar-refractivity contribution >= 4 is 41.2 Å². The summed E-state index contributed by atoms with van der Waals surface area (Å²) in [6.07, 6.45) is 1.32. The van der Waals surface area contributed by atoms with Crippen molar-refractivity contribution in [2.24, 2.45) is 0 Å². The number of hydrogen-bond acceptors (Lipinski definition) is 4. The minimum Gasteiger partial charge on any atom is -0.488 e. The second-order valence-electron chi connectivity index (χ2n) is 7.35. The molecule has 0 atom stereocenters. The lowest BCUT2D eigenvalue weighted by molar-refractivity contribution is -0.122. The summed E-state index contributed by atoms with van der Waals surface area (Å²) in [6, 6.07) is 16.7. The van der Waals surface area contributed by atoms with Gasteiger partial charge in [-0.05, 0) is 60.5 Å². The van der Waals surface area contributed by atoms with Gasteiger partial charge in [-0.25, -0.2) is 14.1 Å². The molecule has 0 aromatic heterocycles. The van der Waals surface area contributed by atoms with E-state index in [4.69, 9.17) is 16.3 Å². The van der Waals surface area contributed by atoms with Gasteiger partial charge in [0, 0.05) is 10.6 Å². The van der Waals surface area contributed by atoms with Gasteiger partial charge in [-0.1, -0.05) is 41.9 Å². The molecule has 0 spiro atoms. The maximum absolute atomic E-state index is 13.5. The molecule has 1 fully saturated rings. The van der Waals surface area contributed by atoms with Crippen molar-refractivity contribution in [1.29, 1.82) is 0 Å². The van der Waals surface area contributed by atoms with Gasteiger partial charge in [0.05, 0.1) is 5.69 Å². The van der Waals surface area contributed by atoms with Crippen molar-refractivity contribution in [2.75, 3.05) is 4.90 Å². The molecule has 0 bridgehead atoms. The third-order valence-electron chi connectivity index (χ3n) is 5.01. The van der Waals surface area contributed by atoms with Gasteiger partial charge in [-0.3, -0.25) is 14.9 Å². The van der Waals surface area contributed by atoms with Crippen molar-refractivity contribution < 1.29 is 23.5 Å². The first kappa shape index (κ1) is 22.2. The van der Waals surface area contributed by atoms with Crippen molar-refractivity contribution in [1.82, 2.24) is 5.32 Å². The fourth-order valence-corrected chi connectivity index (χ4v) is 3.58. The maximum Gasteiger partial charge on any atom is 0.335 e. The molecule has 4 amide bonds. The van der Waals surface area contributed by atoms with E-state index in [0.717, 1.165) is 4.90 Å². The predicted molar refractivity (Wildman–Crippen MR) is 122 cm³/mol. The Kier molecular flexibility index (Phi) is 6.24. The molecular formula is C25H18ClFN2O4. The van der Waals surface area contributed by atoms with E-state index in [1.807, 2.05) is 0 Å². The quantitative estimate of drug-likeness (QED) is 0.424. The highest BCUT2D eigenvalue weighted by molar-refractivity contribution is 6.39.